The van der Waals surface area contributed by atoms with E-state index < -0.39 is 0 Å². The summed E-state index contributed by atoms with van der Waals surface area (Å²) in [5.41, 5.74) is 1.09. The van der Waals surface area contributed by atoms with Gasteiger partial charge in [0.25, 0.3) is 0 Å². The molecule has 0 spiro atoms. The smallest absolute Gasteiger partial charge is 0.229 e. The number of hydrogen-bond donors (Lipinski definition) is 0. The maximum atomic E-state index is 11.3. The van der Waals surface area contributed by atoms with Gasteiger partial charge in [0.15, 0.2) is 0 Å². The van der Waals surface area contributed by atoms with Crippen LogP contribution >= 0.6 is 0 Å². The van der Waals surface area contributed by atoms with E-state index in [1.165, 1.54) is 4.90 Å². The minimum Gasteiger partial charge on any atom is -0.282 e. The molecular weight excluding hydrogens is 192 g/mol. The second-order valence-corrected chi connectivity index (χ2v) is 3.54. The highest BCUT2D eigenvalue weighted by molar-refractivity contribution is 6.01. The van der Waals surface area contributed by atoms with Crippen molar-refractivity contribution in [3.63, 3.8) is 0 Å². The first-order chi connectivity index (χ1) is 7.27. The minimum atomic E-state index is -0.0472. The predicted molar refractivity (Wildman–Crippen MR) is 53.9 cm³/mol. The van der Waals surface area contributed by atoms with Gasteiger partial charge in [0, 0.05) is 31.8 Å². The van der Waals surface area contributed by atoms with Crippen LogP contribution in [-0.2, 0) is 16.0 Å². The van der Waals surface area contributed by atoms with Gasteiger partial charge >= 0.3 is 0 Å². The van der Waals surface area contributed by atoms with Crippen LogP contribution in [0.25, 0.3) is 0 Å². The fraction of sp³-hybridized carbons (Fsp3) is 0.364. The highest BCUT2D eigenvalue weighted by Gasteiger charge is 2.27. The summed E-state index contributed by atoms with van der Waals surface area (Å²) in [6.07, 6.45) is 4.87. The van der Waals surface area contributed by atoms with E-state index in [2.05, 4.69) is 4.98 Å². The number of aromatic nitrogens is 1. The first-order valence-corrected chi connectivity index (χ1v) is 4.99. The third-order valence-corrected chi connectivity index (χ3v) is 2.53. The number of carbonyl (C=O) groups is 2. The number of likely N-dealkylation sites (tertiary alicyclic amines) is 1. The van der Waals surface area contributed by atoms with Gasteiger partial charge in [-0.25, -0.2) is 0 Å². The minimum absolute atomic E-state index is 0.0472. The summed E-state index contributed by atoms with van der Waals surface area (Å²) in [5, 5.41) is 0. The van der Waals surface area contributed by atoms with Crippen molar-refractivity contribution in [3.8, 4) is 0 Å². The largest absolute Gasteiger partial charge is 0.282 e. The van der Waals surface area contributed by atoms with Crippen LogP contribution in [0.15, 0.2) is 24.5 Å². The summed E-state index contributed by atoms with van der Waals surface area (Å²) in [6, 6.07) is 3.79. The average Bonchev–Trinajstić information content (AvgIpc) is 2.58. The fourth-order valence-electron chi connectivity index (χ4n) is 1.66. The molecule has 1 saturated heterocycles. The summed E-state index contributed by atoms with van der Waals surface area (Å²) in [6.45, 7) is 0.488. The van der Waals surface area contributed by atoms with Gasteiger partial charge in [0.1, 0.15) is 0 Å². The Labute approximate surface area is 87.9 Å². The number of nitrogens with zero attached hydrogens (tertiary/aromatic N) is 2. The van der Waals surface area contributed by atoms with Crippen LogP contribution in [0.5, 0.6) is 0 Å². The van der Waals surface area contributed by atoms with Gasteiger partial charge in [0.05, 0.1) is 0 Å². The summed E-state index contributed by atoms with van der Waals surface area (Å²) in [5.74, 6) is -0.0943. The number of pyridine rings is 1. The molecule has 0 N–H and O–H groups in total. The molecule has 4 heteroatoms. The van der Waals surface area contributed by atoms with Crippen molar-refractivity contribution in [1.29, 1.82) is 0 Å². The van der Waals surface area contributed by atoms with Crippen LogP contribution in [0.3, 0.4) is 0 Å². The van der Waals surface area contributed by atoms with E-state index in [4.69, 9.17) is 0 Å². The van der Waals surface area contributed by atoms with Crippen LogP contribution < -0.4 is 0 Å². The summed E-state index contributed by atoms with van der Waals surface area (Å²) in [7, 11) is 0. The predicted octanol–water partition coefficient (Wildman–Crippen LogP) is 0.773. The third kappa shape index (κ3) is 2.21. The van der Waals surface area contributed by atoms with E-state index in [-0.39, 0.29) is 11.8 Å². The van der Waals surface area contributed by atoms with E-state index in [1.807, 2.05) is 12.1 Å². The van der Waals surface area contributed by atoms with E-state index in [9.17, 15) is 9.59 Å². The molecule has 2 amide bonds. The molecule has 1 fully saturated rings. The molecule has 0 aliphatic carbocycles. The van der Waals surface area contributed by atoms with Gasteiger partial charge in [-0.05, 0) is 24.1 Å². The molecule has 2 rings (SSSR count). The second kappa shape index (κ2) is 4.21. The van der Waals surface area contributed by atoms with Gasteiger partial charge in [-0.15, -0.1) is 0 Å². The molecule has 0 aromatic carbocycles. The molecule has 1 aromatic heterocycles. The molecule has 4 nitrogen and oxygen atoms in total. The van der Waals surface area contributed by atoms with Gasteiger partial charge < -0.3 is 0 Å². The molecule has 15 heavy (non-hydrogen) atoms. The Hall–Kier alpha value is -1.71. The Kier molecular flexibility index (Phi) is 2.76. The van der Waals surface area contributed by atoms with E-state index in [0.717, 1.165) is 5.56 Å². The van der Waals surface area contributed by atoms with Crippen molar-refractivity contribution in [3.05, 3.63) is 30.1 Å². The Morgan fingerprint density at radius 2 is 1.73 bits per heavy atom. The van der Waals surface area contributed by atoms with Gasteiger partial charge in [-0.1, -0.05) is 0 Å². The first kappa shape index (κ1) is 9.83. The number of amides is 2. The molecule has 78 valence electrons. The zero-order chi connectivity index (χ0) is 10.7. The lowest BCUT2D eigenvalue weighted by Gasteiger charge is -2.12. The van der Waals surface area contributed by atoms with Gasteiger partial charge in [-0.2, -0.15) is 0 Å². The van der Waals surface area contributed by atoms with Crippen LogP contribution in [-0.4, -0.2) is 28.2 Å². The van der Waals surface area contributed by atoms with Crippen LogP contribution in [0.1, 0.15) is 18.4 Å². The lowest BCUT2D eigenvalue weighted by Crippen LogP contribution is -2.31. The normalized spacial score (nSPS) is 16.1. The Morgan fingerprint density at radius 3 is 2.33 bits per heavy atom. The number of rotatable bonds is 3. The van der Waals surface area contributed by atoms with Gasteiger partial charge in [-0.3, -0.25) is 19.5 Å². The zero-order valence-corrected chi connectivity index (χ0v) is 8.35. The number of imide groups is 1. The summed E-state index contributed by atoms with van der Waals surface area (Å²) in [4.78, 5) is 27.9. The maximum Gasteiger partial charge on any atom is 0.229 e. The van der Waals surface area contributed by atoms with Crippen molar-refractivity contribution in [1.82, 2.24) is 9.88 Å². The second-order valence-electron chi connectivity index (χ2n) is 3.54. The highest BCUT2D eigenvalue weighted by Crippen LogP contribution is 2.12. The van der Waals surface area contributed by atoms with Crippen LogP contribution in [0.2, 0.25) is 0 Å². The molecule has 0 atom stereocenters. The van der Waals surface area contributed by atoms with Crippen molar-refractivity contribution < 1.29 is 9.59 Å². The van der Waals surface area contributed by atoms with Crippen molar-refractivity contribution in [2.75, 3.05) is 6.54 Å². The van der Waals surface area contributed by atoms with E-state index >= 15 is 0 Å². The summed E-state index contributed by atoms with van der Waals surface area (Å²) >= 11 is 0. The molecular formula is C11H12N2O2. The van der Waals surface area contributed by atoms with Crippen molar-refractivity contribution in [2.24, 2.45) is 0 Å². The van der Waals surface area contributed by atoms with E-state index in [1.54, 1.807) is 12.4 Å². The third-order valence-electron chi connectivity index (χ3n) is 2.53. The highest BCUT2D eigenvalue weighted by atomic mass is 16.2. The molecule has 0 unspecified atom stereocenters. The number of carbonyl (C=O) groups excluding carboxylic acids is 2. The SMILES string of the molecule is O=C1CCC(=O)N1CCc1ccncc1. The standard InChI is InChI=1S/C11H12N2O2/c14-10-1-2-11(15)13(10)8-5-9-3-6-12-7-4-9/h3-4,6-7H,1-2,5,8H2. The van der Waals surface area contributed by atoms with Crippen LogP contribution in [0.4, 0.5) is 0 Å². The zero-order valence-electron chi connectivity index (χ0n) is 8.35. The van der Waals surface area contributed by atoms with Gasteiger partial charge in [0.2, 0.25) is 11.8 Å². The monoisotopic (exact) mass is 204 g/mol. The molecule has 1 aliphatic heterocycles. The number of hydrogen-bond acceptors (Lipinski definition) is 3. The molecule has 1 aromatic rings. The molecule has 2 heterocycles. The Bertz CT molecular complexity index is 359. The molecule has 0 saturated carbocycles. The quantitative estimate of drug-likeness (QED) is 0.683. The molecule has 0 radical (unpaired) electrons. The summed E-state index contributed by atoms with van der Waals surface area (Å²) < 4.78 is 0. The van der Waals surface area contributed by atoms with Crippen molar-refractivity contribution >= 4 is 11.8 Å². The fourth-order valence-corrected chi connectivity index (χ4v) is 1.66. The Balaban J connectivity index is 1.93. The average molecular weight is 204 g/mol. The molecule has 1 aliphatic rings. The van der Waals surface area contributed by atoms with E-state index in [0.29, 0.717) is 25.8 Å². The lowest BCUT2D eigenvalue weighted by molar-refractivity contribution is -0.138. The topological polar surface area (TPSA) is 50.3 Å². The van der Waals surface area contributed by atoms with Crippen molar-refractivity contribution in [2.45, 2.75) is 19.3 Å². The van der Waals surface area contributed by atoms with Crippen LogP contribution in [0, 0.1) is 0 Å². The molecule has 0 bridgehead atoms. The lowest BCUT2D eigenvalue weighted by atomic mass is 10.2. The first-order valence-electron chi connectivity index (χ1n) is 4.99. The maximum absolute atomic E-state index is 11.3. The Morgan fingerprint density at radius 1 is 1.13 bits per heavy atom.